The zero-order valence-corrected chi connectivity index (χ0v) is 72.0. The van der Waals surface area contributed by atoms with Crippen molar-refractivity contribution in [2.24, 2.45) is 17.4 Å². The van der Waals surface area contributed by atoms with Crippen molar-refractivity contribution >= 4 is 175 Å². The van der Waals surface area contributed by atoms with E-state index in [1.54, 1.807) is 119 Å². The molecule has 0 saturated carbocycles. The van der Waals surface area contributed by atoms with Gasteiger partial charge in [-0.15, -0.1) is 0 Å². The lowest BCUT2D eigenvalue weighted by molar-refractivity contribution is -0.141. The van der Waals surface area contributed by atoms with Gasteiger partial charge in [-0.2, -0.15) is 70.6 Å². The third kappa shape index (κ3) is 47.3. The van der Waals surface area contributed by atoms with Gasteiger partial charge in [0.25, 0.3) is 0 Å². The van der Waals surface area contributed by atoms with Crippen LogP contribution in [0.2, 0.25) is 0 Å². The van der Waals surface area contributed by atoms with Crippen LogP contribution in [0.4, 0.5) is 0 Å². The van der Waals surface area contributed by atoms with Gasteiger partial charge in [0.15, 0.2) is 0 Å². The van der Waals surface area contributed by atoms with Crippen LogP contribution in [-0.2, 0) is 92.7 Å². The van der Waals surface area contributed by atoms with E-state index in [1.807, 2.05) is 0 Å². The van der Waals surface area contributed by atoms with E-state index in [9.17, 15) is 91.4 Å². The number of aromatic hydroxyl groups is 1. The molecule has 11 atom stereocenters. The second-order valence-corrected chi connectivity index (χ2v) is 35.2. The maximum atomic E-state index is 13.7. The molecule has 1 unspecified atom stereocenters. The summed E-state index contributed by atoms with van der Waals surface area (Å²) in [6.45, 7) is 14.4. The van der Waals surface area contributed by atoms with Gasteiger partial charge in [0.05, 0.1) is 87.5 Å². The molecule has 0 aromatic heterocycles. The third-order valence-electron chi connectivity index (χ3n) is 18.3. The average molecular weight is 1710 g/mol. The quantitative estimate of drug-likeness (QED) is 0.111. The molecule has 5 amide bonds. The first-order valence-electron chi connectivity index (χ1n) is 38.7. The Morgan fingerprint density at radius 2 is 0.737 bits per heavy atom. The Morgan fingerprint density at radius 3 is 1.05 bits per heavy atom. The topological polar surface area (TPSA) is 500 Å². The number of hydrazine groups is 1. The third-order valence-corrected chi connectivity index (χ3v) is 25.2. The molecule has 15 N–H and O–H groups in total. The number of carbonyl (C=O) groups excluding carboxylic acids is 18. The number of hydrogen-bond acceptors (Lipinski definition) is 32. The Labute approximate surface area is 695 Å². The molecule has 37 heteroatoms. The number of rotatable bonds is 15. The number of phenols is 1. The molecule has 114 heavy (non-hydrogen) atoms. The normalized spacial score (nSPS) is 25.3. The molecule has 0 radical (unpaired) electrons. The summed E-state index contributed by atoms with van der Waals surface area (Å²) < 4.78 is 0. The first kappa shape index (κ1) is 104. The monoisotopic (exact) mass is 1710 g/mol. The lowest BCUT2D eigenvalue weighted by Gasteiger charge is -2.29. The predicted octanol–water partition coefficient (Wildman–Crippen LogP) is 1.81. The molecule has 1 aromatic rings. The van der Waals surface area contributed by atoms with E-state index in [1.165, 1.54) is 30.8 Å². The summed E-state index contributed by atoms with van der Waals surface area (Å²) in [6.07, 6.45) is 7.40. The second-order valence-electron chi connectivity index (χ2n) is 28.3. The van der Waals surface area contributed by atoms with Crippen molar-refractivity contribution in [1.29, 1.82) is 0 Å². The van der Waals surface area contributed by atoms with Crippen molar-refractivity contribution < 1.29 is 91.4 Å². The van der Waals surface area contributed by atoms with Crippen molar-refractivity contribution in [1.82, 2.24) is 53.4 Å². The number of phenolic OH excluding ortho intramolecular Hbond substituents is 1. The number of amides is 5. The molecule has 31 nitrogen and oxygen atoms in total. The zero-order valence-electron chi connectivity index (χ0n) is 67.1. The number of benzene rings is 1. The molecule has 6 aliphatic heterocycles. The highest BCUT2D eigenvalue weighted by molar-refractivity contribution is 8.00. The maximum absolute atomic E-state index is 13.7. The van der Waals surface area contributed by atoms with E-state index in [2.05, 4.69) is 53.4 Å². The van der Waals surface area contributed by atoms with Crippen molar-refractivity contribution in [2.45, 2.75) is 225 Å². The van der Waals surface area contributed by atoms with E-state index < -0.39 is 83.7 Å². The van der Waals surface area contributed by atoms with E-state index >= 15 is 0 Å². The second kappa shape index (κ2) is 60.4. The lowest BCUT2D eigenvalue weighted by atomic mass is 9.94. The van der Waals surface area contributed by atoms with Crippen LogP contribution < -0.4 is 64.9 Å². The van der Waals surface area contributed by atoms with Gasteiger partial charge in [-0.05, 0) is 145 Å². The van der Waals surface area contributed by atoms with Crippen LogP contribution >= 0.6 is 70.6 Å². The minimum absolute atomic E-state index is 0.0114. The molecular formula is C77H122N12O19S6. The molecule has 0 bridgehead atoms. The predicted molar refractivity (Wildman–Crippen MR) is 451 cm³/mol. The van der Waals surface area contributed by atoms with Crippen molar-refractivity contribution in [3.63, 3.8) is 0 Å². The molecule has 6 aliphatic rings. The summed E-state index contributed by atoms with van der Waals surface area (Å²) in [5, 5.41) is 32.5. The van der Waals surface area contributed by atoms with Gasteiger partial charge < -0.3 is 32.5 Å². The summed E-state index contributed by atoms with van der Waals surface area (Å²) in [5.74, 6) is 4.45. The van der Waals surface area contributed by atoms with Crippen LogP contribution in [0.5, 0.6) is 5.75 Å². The average Bonchev–Trinajstić information content (AvgIpc) is 0.924. The number of nitrogens with two attached hydrogens (primary N) is 2. The van der Waals surface area contributed by atoms with Gasteiger partial charge in [0.2, 0.25) is 41.1 Å². The summed E-state index contributed by atoms with van der Waals surface area (Å²) in [5.41, 5.74) is 16.5. The van der Waals surface area contributed by atoms with Crippen molar-refractivity contribution in [3.8, 4) is 5.75 Å². The Bertz CT molecular complexity index is 3090. The molecule has 0 spiro atoms. The number of Topliss-reactive ketones (excluding diaryl/α,β-unsaturated/α-hetero) is 13. The van der Waals surface area contributed by atoms with Crippen LogP contribution in [-0.4, -0.2) is 272 Å². The van der Waals surface area contributed by atoms with Gasteiger partial charge in [-0.1, -0.05) is 32.4 Å². The molecule has 7 rings (SSSR count). The fraction of sp³-hybridized carbons (Fsp3) is 0.688. The van der Waals surface area contributed by atoms with E-state index in [0.29, 0.717) is 89.0 Å². The van der Waals surface area contributed by atoms with Gasteiger partial charge in [0.1, 0.15) is 81.4 Å². The highest BCUT2D eigenvalue weighted by Gasteiger charge is 2.38. The number of thioether (sulfide) groups is 6. The highest BCUT2D eigenvalue weighted by atomic mass is 32.2. The molecule has 6 fully saturated rings. The Morgan fingerprint density at radius 1 is 0.412 bits per heavy atom. The largest absolute Gasteiger partial charge is 0.508 e. The van der Waals surface area contributed by atoms with Crippen LogP contribution in [0.3, 0.4) is 0 Å². The molecule has 1 aromatic carbocycles. The fourth-order valence-electron chi connectivity index (χ4n) is 11.0. The maximum Gasteiger partial charge on any atom is 0.243 e. The Hall–Kier alpha value is -6.10. The van der Waals surface area contributed by atoms with Crippen molar-refractivity contribution in [2.75, 3.05) is 102 Å². The van der Waals surface area contributed by atoms with E-state index in [4.69, 9.17) is 11.5 Å². The summed E-state index contributed by atoms with van der Waals surface area (Å²) in [7, 11) is 0. The van der Waals surface area contributed by atoms with E-state index in [0.717, 1.165) is 89.6 Å². The van der Waals surface area contributed by atoms with Crippen LogP contribution in [0.1, 0.15) is 164 Å². The molecule has 6 saturated heterocycles. The first-order chi connectivity index (χ1) is 54.1. The number of primary amides is 2. The smallest absolute Gasteiger partial charge is 0.243 e. The lowest BCUT2D eigenvalue weighted by Crippen LogP contribution is -2.60. The zero-order chi connectivity index (χ0) is 85.1. The van der Waals surface area contributed by atoms with Crippen LogP contribution in [0, 0.1) is 5.92 Å². The fourth-order valence-corrected chi connectivity index (χ4v) is 17.5. The van der Waals surface area contributed by atoms with Gasteiger partial charge in [0, 0.05) is 85.9 Å². The number of ketones is 13. The van der Waals surface area contributed by atoms with Gasteiger partial charge in [-0.25, -0.2) is 10.9 Å². The van der Waals surface area contributed by atoms with Crippen LogP contribution in [0.15, 0.2) is 24.3 Å². The minimum Gasteiger partial charge on any atom is -0.508 e. The van der Waals surface area contributed by atoms with E-state index in [-0.39, 0.29) is 131 Å². The standard InChI is InChI=1S/C32H47N7O9S.5C9H15NO2S/c1-4-17(2)28-32(48)36-21(11-12-25(33)42)29(45)30(46)22(15-26(34)43)38-39-24(18(3)40)16-49-13-5-6-27(44)35-23(31(47)37-28)14-19-7-9-20(41)10-8-19;5*1-7(11)9-6-13-4-2-3-8(12)5-10-9/h7-10,17,21-24,28,38-39,41H,4-6,11-16H2,1-3H3,(H2,33,42)(H2,34,43)(H,35,44)(H,36,48)(H,37,47);5*9-10H,2-6H2,1H3/t17-,21?,22-,23-,24-,28-;5*9-/m000000/s1. The Kier molecular flexibility index (Phi) is 55.1. The summed E-state index contributed by atoms with van der Waals surface area (Å²) in [4.78, 5) is 215. The molecule has 0 aliphatic carbocycles. The SMILES string of the molecule is CC(=O)[C@@H]1CSCCCC(=O)CN1.CC(=O)[C@@H]1CSCCCC(=O)CN1.CC(=O)[C@@H]1CSCCCC(=O)CN1.CC(=O)[C@@H]1CSCCCC(=O)CN1.CC(=O)[C@@H]1CSCCCC(=O)CN1.CC[C@H](C)[C@@H]1NC(=O)[C@H](Cc2ccc(O)cc2)NC(=O)CCCSC[C@@H](C(C)=O)NN[C@@H](CC(N)=O)C(=O)C(=O)C(CCC(N)=O)NC1=O. The summed E-state index contributed by atoms with van der Waals surface area (Å²) >= 11 is 10.1. The van der Waals surface area contributed by atoms with Gasteiger partial charge >= 0.3 is 0 Å². The van der Waals surface area contributed by atoms with Crippen LogP contribution in [0.25, 0.3) is 0 Å². The molecular weight excluding hydrogens is 1590 g/mol. The summed E-state index contributed by atoms with van der Waals surface area (Å²) in [6, 6.07) is -0.940. The van der Waals surface area contributed by atoms with Crippen molar-refractivity contribution in [3.05, 3.63) is 29.8 Å². The number of hydrogen-bond donors (Lipinski definition) is 13. The van der Waals surface area contributed by atoms with Gasteiger partial charge in [-0.3, -0.25) is 113 Å². The number of nitrogens with one attached hydrogen (secondary N) is 10. The minimum atomic E-state index is -1.58. The number of carbonyl (C=O) groups is 18. The highest BCUT2D eigenvalue weighted by Crippen LogP contribution is 2.19. The first-order valence-corrected chi connectivity index (χ1v) is 45.6. The molecule has 6 heterocycles. The molecule has 640 valence electrons. The Balaban J connectivity index is 0.000000542.